The van der Waals surface area contributed by atoms with Crippen LogP contribution >= 0.6 is 0 Å². The molecule has 1 aromatic rings. The van der Waals surface area contributed by atoms with E-state index in [2.05, 4.69) is 56.4 Å². The first-order valence-electron chi connectivity index (χ1n) is 7.62. The van der Waals surface area contributed by atoms with Gasteiger partial charge in [0.25, 0.3) is 0 Å². The summed E-state index contributed by atoms with van der Waals surface area (Å²) < 4.78 is 5.25. The lowest BCUT2D eigenvalue weighted by Crippen LogP contribution is -2.03. The molecule has 0 aromatic heterocycles. The van der Waals surface area contributed by atoms with Gasteiger partial charge in [0.1, 0.15) is 5.75 Å². The van der Waals surface area contributed by atoms with Crippen LogP contribution < -0.4 is 4.74 Å². The maximum Gasteiger partial charge on any atom is 0.118 e. The molecule has 0 heterocycles. The molecule has 0 saturated heterocycles. The zero-order valence-corrected chi connectivity index (χ0v) is 13.0. The Morgan fingerprint density at radius 2 is 1.90 bits per heavy atom. The first-order valence-corrected chi connectivity index (χ1v) is 7.62. The van der Waals surface area contributed by atoms with Crippen LogP contribution in [0.3, 0.4) is 0 Å². The Hall–Kier alpha value is -2.02. The van der Waals surface area contributed by atoms with Crippen LogP contribution in [0.25, 0.3) is 5.57 Å². The largest absolute Gasteiger partial charge is 0.497 e. The van der Waals surface area contributed by atoms with Gasteiger partial charge in [-0.1, -0.05) is 61.9 Å². The number of rotatable bonds is 4. The predicted molar refractivity (Wildman–Crippen MR) is 89.2 cm³/mol. The third-order valence-electron chi connectivity index (χ3n) is 4.06. The van der Waals surface area contributed by atoms with Gasteiger partial charge in [-0.3, -0.25) is 0 Å². The van der Waals surface area contributed by atoms with E-state index in [0.717, 1.165) is 12.2 Å². The summed E-state index contributed by atoms with van der Waals surface area (Å²) in [6, 6.07) is 8.36. The lowest BCUT2D eigenvalue weighted by atomic mass is 9.85. The van der Waals surface area contributed by atoms with Crippen LogP contribution in [0.4, 0.5) is 0 Å². The number of hydrogen-bond donors (Lipinski definition) is 0. The van der Waals surface area contributed by atoms with E-state index in [1.54, 1.807) is 7.11 Å². The Bertz CT molecular complexity index is 639. The van der Waals surface area contributed by atoms with Crippen molar-refractivity contribution in [3.63, 3.8) is 0 Å². The molecular weight excluding hydrogens is 256 g/mol. The molecule has 3 rings (SSSR count). The lowest BCUT2D eigenvalue weighted by molar-refractivity contribution is 0.415. The number of hydrogen-bond acceptors (Lipinski definition) is 1. The third-order valence-corrected chi connectivity index (χ3v) is 4.06. The van der Waals surface area contributed by atoms with Gasteiger partial charge >= 0.3 is 0 Å². The van der Waals surface area contributed by atoms with Crippen molar-refractivity contribution in [3.8, 4) is 5.75 Å². The van der Waals surface area contributed by atoms with Gasteiger partial charge < -0.3 is 4.74 Å². The fourth-order valence-electron chi connectivity index (χ4n) is 3.11. The van der Waals surface area contributed by atoms with Crippen LogP contribution in [-0.4, -0.2) is 7.11 Å². The van der Waals surface area contributed by atoms with Crippen LogP contribution in [-0.2, 0) is 0 Å². The Balaban J connectivity index is 1.89. The van der Waals surface area contributed by atoms with E-state index in [4.69, 9.17) is 4.74 Å². The van der Waals surface area contributed by atoms with Crippen molar-refractivity contribution in [3.05, 3.63) is 71.4 Å². The second kappa shape index (κ2) is 5.77. The minimum absolute atomic E-state index is 0.414. The molecule has 108 valence electrons. The zero-order chi connectivity index (χ0) is 14.8. The second-order valence-electron chi connectivity index (χ2n) is 6.17. The van der Waals surface area contributed by atoms with Gasteiger partial charge in [0.15, 0.2) is 0 Å². The van der Waals surface area contributed by atoms with Crippen molar-refractivity contribution in [2.45, 2.75) is 20.3 Å². The average Bonchev–Trinajstić information content (AvgIpc) is 2.88. The van der Waals surface area contributed by atoms with Crippen LogP contribution in [0.5, 0.6) is 5.75 Å². The molecule has 1 heteroatoms. The van der Waals surface area contributed by atoms with Crippen LogP contribution in [0, 0.1) is 11.8 Å². The molecule has 0 amide bonds. The zero-order valence-electron chi connectivity index (χ0n) is 13.0. The van der Waals surface area contributed by atoms with E-state index in [1.165, 1.54) is 22.3 Å². The van der Waals surface area contributed by atoms with Gasteiger partial charge in [0.2, 0.25) is 0 Å². The van der Waals surface area contributed by atoms with Gasteiger partial charge in [-0.25, -0.2) is 0 Å². The molecule has 0 N–H and O–H groups in total. The molecule has 21 heavy (non-hydrogen) atoms. The van der Waals surface area contributed by atoms with E-state index < -0.39 is 0 Å². The van der Waals surface area contributed by atoms with E-state index >= 15 is 0 Å². The van der Waals surface area contributed by atoms with Crippen molar-refractivity contribution < 1.29 is 4.74 Å². The van der Waals surface area contributed by atoms with Crippen LogP contribution in [0.1, 0.15) is 25.8 Å². The van der Waals surface area contributed by atoms with E-state index in [0.29, 0.717) is 11.8 Å². The molecule has 0 saturated carbocycles. The van der Waals surface area contributed by atoms with Gasteiger partial charge in [0, 0.05) is 5.92 Å². The standard InChI is InChI=1S/C20H22O/c1-14(2)11-15-12-17-5-4-6-19(20(17)13-15)16-7-9-18(21-3)10-8-16/h4-10,12-14,20H,11H2,1-3H3. The minimum Gasteiger partial charge on any atom is -0.497 e. The molecule has 0 bridgehead atoms. The summed E-state index contributed by atoms with van der Waals surface area (Å²) in [6.45, 7) is 4.55. The summed E-state index contributed by atoms with van der Waals surface area (Å²) in [6.07, 6.45) is 12.6. The molecular formula is C20H22O. The van der Waals surface area contributed by atoms with Crippen molar-refractivity contribution in [1.29, 1.82) is 0 Å². The molecule has 2 aliphatic rings. The van der Waals surface area contributed by atoms with Crippen molar-refractivity contribution in [1.82, 2.24) is 0 Å². The van der Waals surface area contributed by atoms with Crippen LogP contribution in [0.15, 0.2) is 65.8 Å². The highest BCUT2D eigenvalue weighted by molar-refractivity contribution is 5.77. The van der Waals surface area contributed by atoms with Gasteiger partial charge in [-0.2, -0.15) is 0 Å². The molecule has 0 fully saturated rings. The van der Waals surface area contributed by atoms with Gasteiger partial charge in [-0.15, -0.1) is 0 Å². The van der Waals surface area contributed by atoms with Crippen molar-refractivity contribution in [2.24, 2.45) is 11.8 Å². The number of ether oxygens (including phenoxy) is 1. The molecule has 1 unspecified atom stereocenters. The summed E-state index contributed by atoms with van der Waals surface area (Å²) in [5.74, 6) is 2.02. The Labute approximate surface area is 127 Å². The molecule has 1 aromatic carbocycles. The quantitative estimate of drug-likeness (QED) is 0.737. The molecule has 2 aliphatic carbocycles. The van der Waals surface area contributed by atoms with Gasteiger partial charge in [0.05, 0.1) is 7.11 Å². The minimum atomic E-state index is 0.414. The predicted octanol–water partition coefficient (Wildman–Crippen LogP) is 5.18. The number of benzene rings is 1. The first kappa shape index (κ1) is 13.9. The maximum absolute atomic E-state index is 5.25. The molecule has 1 atom stereocenters. The summed E-state index contributed by atoms with van der Waals surface area (Å²) in [5, 5.41) is 0. The first-order chi connectivity index (χ1) is 10.2. The van der Waals surface area contributed by atoms with E-state index in [1.807, 2.05) is 12.1 Å². The Morgan fingerprint density at radius 1 is 1.14 bits per heavy atom. The number of allylic oxidation sites excluding steroid dienone is 8. The lowest BCUT2D eigenvalue weighted by Gasteiger charge is -2.19. The third kappa shape index (κ3) is 2.87. The molecule has 0 aliphatic heterocycles. The van der Waals surface area contributed by atoms with E-state index in [9.17, 15) is 0 Å². The summed E-state index contributed by atoms with van der Waals surface area (Å²) in [5.41, 5.74) is 5.54. The average molecular weight is 278 g/mol. The summed E-state index contributed by atoms with van der Waals surface area (Å²) >= 11 is 0. The molecule has 0 spiro atoms. The fourth-order valence-corrected chi connectivity index (χ4v) is 3.11. The second-order valence-corrected chi connectivity index (χ2v) is 6.17. The molecule has 0 radical (unpaired) electrons. The Kier molecular flexibility index (Phi) is 3.83. The molecule has 1 nitrogen and oxygen atoms in total. The topological polar surface area (TPSA) is 9.23 Å². The Morgan fingerprint density at radius 3 is 2.57 bits per heavy atom. The smallest absolute Gasteiger partial charge is 0.118 e. The highest BCUT2D eigenvalue weighted by atomic mass is 16.5. The van der Waals surface area contributed by atoms with E-state index in [-0.39, 0.29) is 0 Å². The summed E-state index contributed by atoms with van der Waals surface area (Å²) in [7, 11) is 1.70. The van der Waals surface area contributed by atoms with Crippen molar-refractivity contribution in [2.75, 3.05) is 7.11 Å². The SMILES string of the molecule is COc1ccc(C2=CC=CC3=CC(CC(C)C)=CC32)cc1. The number of methoxy groups -OCH3 is 1. The maximum atomic E-state index is 5.25. The normalized spacial score (nSPS) is 20.0. The van der Waals surface area contributed by atoms with Crippen LogP contribution in [0.2, 0.25) is 0 Å². The highest BCUT2D eigenvalue weighted by Crippen LogP contribution is 2.40. The van der Waals surface area contributed by atoms with Gasteiger partial charge in [-0.05, 0) is 41.2 Å². The monoisotopic (exact) mass is 278 g/mol. The summed E-state index contributed by atoms with van der Waals surface area (Å²) in [4.78, 5) is 0. The number of fused-ring (bicyclic) bond motifs is 1. The highest BCUT2D eigenvalue weighted by Gasteiger charge is 2.24. The van der Waals surface area contributed by atoms with Crippen molar-refractivity contribution >= 4 is 5.57 Å². The fraction of sp³-hybridized carbons (Fsp3) is 0.300.